The SMILES string of the molecule is CCOC1CCCN(C(=O)NC(CCC(N)=O)C(=O)O)C1. The summed E-state index contributed by atoms with van der Waals surface area (Å²) in [5.41, 5.74) is 4.99. The van der Waals surface area contributed by atoms with Gasteiger partial charge in [0.2, 0.25) is 5.91 Å². The number of nitrogens with zero attached hydrogens (tertiary/aromatic N) is 1. The summed E-state index contributed by atoms with van der Waals surface area (Å²) < 4.78 is 5.50. The van der Waals surface area contributed by atoms with Gasteiger partial charge in [-0.1, -0.05) is 0 Å². The summed E-state index contributed by atoms with van der Waals surface area (Å²) in [5, 5.41) is 11.5. The van der Waals surface area contributed by atoms with Crippen molar-refractivity contribution in [2.75, 3.05) is 19.7 Å². The molecule has 1 aliphatic heterocycles. The molecular weight excluding hydrogens is 278 g/mol. The standard InChI is InChI=1S/C13H23N3O5/c1-2-21-9-4-3-7-16(8-9)13(20)15-10(12(18)19)5-6-11(14)17/h9-10H,2-8H2,1H3,(H2,14,17)(H,15,20)(H,18,19). The molecule has 0 radical (unpaired) electrons. The zero-order valence-electron chi connectivity index (χ0n) is 12.2. The van der Waals surface area contributed by atoms with Gasteiger partial charge in [-0.2, -0.15) is 0 Å². The van der Waals surface area contributed by atoms with Gasteiger partial charge in [0.05, 0.1) is 6.10 Å². The molecular formula is C13H23N3O5. The number of urea groups is 1. The number of hydrogen-bond acceptors (Lipinski definition) is 4. The number of hydrogen-bond donors (Lipinski definition) is 3. The lowest BCUT2D eigenvalue weighted by Gasteiger charge is -2.33. The van der Waals surface area contributed by atoms with Gasteiger partial charge in [-0.05, 0) is 26.2 Å². The Morgan fingerprint density at radius 3 is 2.76 bits per heavy atom. The number of carboxylic acid groups (broad SMARTS) is 1. The third-order valence-electron chi connectivity index (χ3n) is 3.34. The summed E-state index contributed by atoms with van der Waals surface area (Å²) in [5.74, 6) is -1.77. The van der Waals surface area contributed by atoms with Crippen LogP contribution in [0.2, 0.25) is 0 Å². The van der Waals surface area contributed by atoms with E-state index < -0.39 is 23.9 Å². The Morgan fingerprint density at radius 1 is 1.48 bits per heavy atom. The van der Waals surface area contributed by atoms with Crippen LogP contribution in [0.25, 0.3) is 0 Å². The first-order valence-corrected chi connectivity index (χ1v) is 7.12. The molecule has 1 aliphatic rings. The molecule has 0 spiro atoms. The molecule has 0 aliphatic carbocycles. The Labute approximate surface area is 123 Å². The normalized spacial score (nSPS) is 19.9. The van der Waals surface area contributed by atoms with Crippen molar-refractivity contribution in [3.63, 3.8) is 0 Å². The minimum atomic E-state index is -1.18. The van der Waals surface area contributed by atoms with Crippen molar-refractivity contribution in [3.05, 3.63) is 0 Å². The molecule has 0 bridgehead atoms. The maximum absolute atomic E-state index is 12.1. The Kier molecular flexibility index (Phi) is 6.93. The molecule has 2 atom stereocenters. The summed E-state index contributed by atoms with van der Waals surface area (Å²) in [7, 11) is 0. The van der Waals surface area contributed by atoms with E-state index in [-0.39, 0.29) is 18.9 Å². The number of ether oxygens (including phenoxy) is 1. The predicted octanol–water partition coefficient (Wildman–Crippen LogP) is -0.0844. The molecule has 8 nitrogen and oxygen atoms in total. The van der Waals surface area contributed by atoms with Gasteiger partial charge < -0.3 is 25.8 Å². The summed E-state index contributed by atoms with van der Waals surface area (Å²) in [4.78, 5) is 35.4. The van der Waals surface area contributed by atoms with Crippen molar-refractivity contribution in [2.45, 2.75) is 44.8 Å². The van der Waals surface area contributed by atoms with Crippen LogP contribution in [0.1, 0.15) is 32.6 Å². The average Bonchev–Trinajstić information content (AvgIpc) is 2.43. The molecule has 0 aromatic rings. The average molecular weight is 301 g/mol. The van der Waals surface area contributed by atoms with Gasteiger partial charge in [-0.3, -0.25) is 4.79 Å². The Hall–Kier alpha value is -1.83. The Bertz CT molecular complexity index is 386. The fourth-order valence-corrected chi connectivity index (χ4v) is 2.28. The summed E-state index contributed by atoms with van der Waals surface area (Å²) in [6.45, 7) is 3.49. The zero-order valence-corrected chi connectivity index (χ0v) is 12.2. The fraction of sp³-hybridized carbons (Fsp3) is 0.769. The molecule has 1 heterocycles. The molecule has 4 N–H and O–H groups in total. The molecule has 21 heavy (non-hydrogen) atoms. The monoisotopic (exact) mass is 301 g/mol. The van der Waals surface area contributed by atoms with Crippen molar-refractivity contribution >= 4 is 17.9 Å². The first kappa shape index (κ1) is 17.2. The minimum Gasteiger partial charge on any atom is -0.480 e. The third-order valence-corrected chi connectivity index (χ3v) is 3.34. The number of piperidine rings is 1. The van der Waals surface area contributed by atoms with Crippen molar-refractivity contribution in [1.29, 1.82) is 0 Å². The lowest BCUT2D eigenvalue weighted by molar-refractivity contribution is -0.139. The molecule has 1 fully saturated rings. The van der Waals surface area contributed by atoms with Crippen molar-refractivity contribution in [2.24, 2.45) is 5.73 Å². The molecule has 0 aromatic heterocycles. The van der Waals surface area contributed by atoms with Crippen molar-refractivity contribution < 1.29 is 24.2 Å². The van der Waals surface area contributed by atoms with E-state index in [1.807, 2.05) is 6.92 Å². The second-order valence-corrected chi connectivity index (χ2v) is 5.01. The number of aliphatic carboxylic acids is 1. The largest absolute Gasteiger partial charge is 0.480 e. The number of likely N-dealkylation sites (tertiary alicyclic amines) is 1. The van der Waals surface area contributed by atoms with E-state index in [9.17, 15) is 14.4 Å². The summed E-state index contributed by atoms with van der Waals surface area (Å²) >= 11 is 0. The van der Waals surface area contributed by atoms with Crippen LogP contribution in [0.5, 0.6) is 0 Å². The number of carbonyl (C=O) groups is 3. The molecule has 1 saturated heterocycles. The molecule has 8 heteroatoms. The van der Waals surface area contributed by atoms with E-state index in [1.54, 1.807) is 4.90 Å². The predicted molar refractivity (Wildman–Crippen MR) is 74.6 cm³/mol. The van der Waals surface area contributed by atoms with Gasteiger partial charge in [0.15, 0.2) is 0 Å². The molecule has 1 rings (SSSR count). The van der Waals surface area contributed by atoms with Crippen LogP contribution in [0.3, 0.4) is 0 Å². The number of nitrogens with two attached hydrogens (primary N) is 1. The van der Waals surface area contributed by atoms with Crippen LogP contribution in [0.15, 0.2) is 0 Å². The van der Waals surface area contributed by atoms with Crippen molar-refractivity contribution in [1.82, 2.24) is 10.2 Å². The van der Waals surface area contributed by atoms with Gasteiger partial charge in [-0.15, -0.1) is 0 Å². The van der Waals surface area contributed by atoms with Crippen LogP contribution in [-0.2, 0) is 14.3 Å². The topological polar surface area (TPSA) is 122 Å². The van der Waals surface area contributed by atoms with Crippen LogP contribution in [0, 0.1) is 0 Å². The summed E-state index contributed by atoms with van der Waals surface area (Å²) in [6, 6.07) is -1.56. The summed E-state index contributed by atoms with van der Waals surface area (Å²) in [6.07, 6.45) is 1.60. The number of carboxylic acids is 1. The minimum absolute atomic E-state index is 0.0107. The zero-order chi connectivity index (χ0) is 15.8. The second-order valence-electron chi connectivity index (χ2n) is 5.01. The Morgan fingerprint density at radius 2 is 2.19 bits per heavy atom. The van der Waals surface area contributed by atoms with Crippen LogP contribution in [0.4, 0.5) is 4.79 Å². The number of primary amides is 1. The second kappa shape index (κ2) is 8.46. The quantitative estimate of drug-likeness (QED) is 0.607. The van der Waals surface area contributed by atoms with E-state index in [4.69, 9.17) is 15.6 Å². The van der Waals surface area contributed by atoms with E-state index in [0.717, 1.165) is 12.8 Å². The first-order valence-electron chi connectivity index (χ1n) is 7.12. The van der Waals surface area contributed by atoms with Crippen LogP contribution in [-0.4, -0.2) is 59.8 Å². The van der Waals surface area contributed by atoms with Crippen molar-refractivity contribution in [3.8, 4) is 0 Å². The van der Waals surface area contributed by atoms with E-state index in [0.29, 0.717) is 19.7 Å². The molecule has 2 unspecified atom stereocenters. The van der Waals surface area contributed by atoms with Gasteiger partial charge in [-0.25, -0.2) is 9.59 Å². The first-order chi connectivity index (χ1) is 9.93. The van der Waals surface area contributed by atoms with E-state index in [2.05, 4.69) is 5.32 Å². The highest BCUT2D eigenvalue weighted by Crippen LogP contribution is 2.13. The molecule has 3 amide bonds. The van der Waals surface area contributed by atoms with Gasteiger partial charge in [0, 0.05) is 26.1 Å². The third kappa shape index (κ3) is 5.99. The number of nitrogens with one attached hydrogen (secondary N) is 1. The Balaban J connectivity index is 2.52. The highest BCUT2D eigenvalue weighted by atomic mass is 16.5. The van der Waals surface area contributed by atoms with Gasteiger partial charge >= 0.3 is 12.0 Å². The van der Waals surface area contributed by atoms with Gasteiger partial charge in [0.25, 0.3) is 0 Å². The lowest BCUT2D eigenvalue weighted by Crippen LogP contribution is -2.52. The highest BCUT2D eigenvalue weighted by molar-refractivity contribution is 5.83. The number of carbonyl (C=O) groups excluding carboxylic acids is 2. The van der Waals surface area contributed by atoms with E-state index >= 15 is 0 Å². The molecule has 120 valence electrons. The lowest BCUT2D eigenvalue weighted by atomic mass is 10.1. The maximum atomic E-state index is 12.1. The molecule has 0 saturated carbocycles. The van der Waals surface area contributed by atoms with Gasteiger partial charge in [0.1, 0.15) is 6.04 Å². The van der Waals surface area contributed by atoms with E-state index in [1.165, 1.54) is 0 Å². The molecule has 0 aromatic carbocycles. The smallest absolute Gasteiger partial charge is 0.326 e. The highest BCUT2D eigenvalue weighted by Gasteiger charge is 2.27. The van der Waals surface area contributed by atoms with Crippen LogP contribution < -0.4 is 11.1 Å². The van der Waals surface area contributed by atoms with Crippen LogP contribution >= 0.6 is 0 Å². The maximum Gasteiger partial charge on any atom is 0.326 e. The fourth-order valence-electron chi connectivity index (χ4n) is 2.28. The number of amides is 3. The number of rotatable bonds is 7.